The standard InChI is InChI=1S/C20H32N4O2.HI/c1-5-26-18-9-7-6-8-16(18)10-12-22-20(21-4)23-17-11-13-24(14-17)19(25)15(2)3;/h6-9,15,17H,5,10-14H2,1-4H3,(H2,21,22,23);1H. The Morgan fingerprint density at radius 3 is 2.78 bits per heavy atom. The predicted molar refractivity (Wildman–Crippen MR) is 121 cm³/mol. The van der Waals surface area contributed by atoms with E-state index in [0.717, 1.165) is 44.2 Å². The van der Waals surface area contributed by atoms with Crippen molar-refractivity contribution in [1.29, 1.82) is 0 Å². The molecule has 152 valence electrons. The van der Waals surface area contributed by atoms with Crippen molar-refractivity contribution in [2.45, 2.75) is 39.7 Å². The summed E-state index contributed by atoms with van der Waals surface area (Å²) < 4.78 is 5.67. The molecular formula is C20H33IN4O2. The zero-order valence-electron chi connectivity index (χ0n) is 16.8. The number of carbonyl (C=O) groups excluding carboxylic acids is 1. The number of rotatable bonds is 7. The van der Waals surface area contributed by atoms with Crippen LogP contribution in [0.3, 0.4) is 0 Å². The van der Waals surface area contributed by atoms with E-state index in [1.165, 1.54) is 5.56 Å². The largest absolute Gasteiger partial charge is 0.494 e. The molecule has 0 bridgehead atoms. The van der Waals surface area contributed by atoms with Crippen molar-refractivity contribution in [3.05, 3.63) is 29.8 Å². The van der Waals surface area contributed by atoms with Gasteiger partial charge in [-0.05, 0) is 31.4 Å². The minimum Gasteiger partial charge on any atom is -0.494 e. The zero-order valence-corrected chi connectivity index (χ0v) is 19.2. The average Bonchev–Trinajstić information content (AvgIpc) is 3.10. The van der Waals surface area contributed by atoms with Crippen LogP contribution in [-0.2, 0) is 11.2 Å². The lowest BCUT2D eigenvalue weighted by Crippen LogP contribution is -2.45. The van der Waals surface area contributed by atoms with Gasteiger partial charge in [0.2, 0.25) is 5.91 Å². The van der Waals surface area contributed by atoms with E-state index in [2.05, 4.69) is 21.7 Å². The number of guanidine groups is 1. The quantitative estimate of drug-likeness (QED) is 0.352. The molecule has 1 atom stereocenters. The van der Waals surface area contributed by atoms with Gasteiger partial charge in [-0.25, -0.2) is 0 Å². The predicted octanol–water partition coefficient (Wildman–Crippen LogP) is 2.67. The molecule has 1 saturated heterocycles. The summed E-state index contributed by atoms with van der Waals surface area (Å²) in [6.07, 6.45) is 1.81. The number of benzene rings is 1. The van der Waals surface area contributed by atoms with Gasteiger partial charge in [-0.1, -0.05) is 32.0 Å². The first-order valence-electron chi connectivity index (χ1n) is 9.51. The van der Waals surface area contributed by atoms with Gasteiger partial charge in [-0.15, -0.1) is 24.0 Å². The van der Waals surface area contributed by atoms with Crippen LogP contribution >= 0.6 is 24.0 Å². The third kappa shape index (κ3) is 7.20. The van der Waals surface area contributed by atoms with Crippen LogP contribution in [0.5, 0.6) is 5.75 Å². The van der Waals surface area contributed by atoms with E-state index in [9.17, 15) is 4.79 Å². The number of nitrogens with one attached hydrogen (secondary N) is 2. The average molecular weight is 488 g/mol. The summed E-state index contributed by atoms with van der Waals surface area (Å²) in [5.41, 5.74) is 1.19. The monoisotopic (exact) mass is 488 g/mol. The summed E-state index contributed by atoms with van der Waals surface area (Å²) in [5, 5.41) is 6.79. The summed E-state index contributed by atoms with van der Waals surface area (Å²) in [5.74, 6) is 2.00. The van der Waals surface area contributed by atoms with Crippen molar-refractivity contribution in [3.8, 4) is 5.75 Å². The van der Waals surface area contributed by atoms with Crippen LogP contribution in [0.2, 0.25) is 0 Å². The summed E-state index contributed by atoms with van der Waals surface area (Å²) in [7, 11) is 1.77. The fraction of sp³-hybridized carbons (Fsp3) is 0.600. The number of amides is 1. The number of hydrogen-bond acceptors (Lipinski definition) is 3. The fourth-order valence-corrected chi connectivity index (χ4v) is 3.15. The maximum atomic E-state index is 12.1. The van der Waals surface area contributed by atoms with Gasteiger partial charge in [0.15, 0.2) is 5.96 Å². The van der Waals surface area contributed by atoms with Gasteiger partial charge >= 0.3 is 0 Å². The highest BCUT2D eigenvalue weighted by Gasteiger charge is 2.27. The lowest BCUT2D eigenvalue weighted by molar-refractivity contribution is -0.133. The highest BCUT2D eigenvalue weighted by atomic mass is 127. The highest BCUT2D eigenvalue weighted by molar-refractivity contribution is 14.0. The van der Waals surface area contributed by atoms with Crippen LogP contribution in [0.1, 0.15) is 32.8 Å². The number of para-hydroxylation sites is 1. The highest BCUT2D eigenvalue weighted by Crippen LogP contribution is 2.18. The van der Waals surface area contributed by atoms with Gasteiger partial charge < -0.3 is 20.3 Å². The number of hydrogen-bond donors (Lipinski definition) is 2. The molecule has 0 spiro atoms. The molecule has 1 fully saturated rings. The Hall–Kier alpha value is -1.51. The SMILES string of the molecule is CCOc1ccccc1CCNC(=NC)NC1CCN(C(=O)C(C)C)C1.I. The van der Waals surface area contributed by atoms with Crippen molar-refractivity contribution in [3.63, 3.8) is 0 Å². The Balaban J connectivity index is 0.00000364. The molecule has 1 heterocycles. The Morgan fingerprint density at radius 1 is 1.37 bits per heavy atom. The topological polar surface area (TPSA) is 66.0 Å². The third-order valence-corrected chi connectivity index (χ3v) is 4.52. The Bertz CT molecular complexity index is 622. The van der Waals surface area contributed by atoms with Gasteiger partial charge in [0.05, 0.1) is 6.61 Å². The lowest BCUT2D eigenvalue weighted by atomic mass is 10.1. The number of ether oxygens (including phenoxy) is 1. The van der Waals surface area contributed by atoms with Crippen molar-refractivity contribution >= 4 is 35.8 Å². The van der Waals surface area contributed by atoms with Crippen molar-refractivity contribution < 1.29 is 9.53 Å². The molecule has 0 aromatic heterocycles. The number of carbonyl (C=O) groups is 1. The molecule has 2 rings (SSSR count). The number of aliphatic imine (C=N–C) groups is 1. The normalized spacial score (nSPS) is 16.9. The van der Waals surface area contributed by atoms with E-state index in [0.29, 0.717) is 6.61 Å². The van der Waals surface area contributed by atoms with E-state index in [-0.39, 0.29) is 41.8 Å². The number of likely N-dealkylation sites (tertiary alicyclic amines) is 1. The molecule has 7 heteroatoms. The zero-order chi connectivity index (χ0) is 18.9. The van der Waals surface area contributed by atoms with E-state index >= 15 is 0 Å². The molecule has 1 amide bonds. The summed E-state index contributed by atoms with van der Waals surface area (Å²) in [6.45, 7) is 8.88. The smallest absolute Gasteiger partial charge is 0.225 e. The maximum absolute atomic E-state index is 12.1. The van der Waals surface area contributed by atoms with E-state index in [1.54, 1.807) is 7.05 Å². The molecule has 1 unspecified atom stereocenters. The molecule has 0 saturated carbocycles. The van der Waals surface area contributed by atoms with Gasteiger partial charge in [0, 0.05) is 38.6 Å². The van der Waals surface area contributed by atoms with Crippen LogP contribution in [0.15, 0.2) is 29.3 Å². The van der Waals surface area contributed by atoms with E-state index in [4.69, 9.17) is 4.74 Å². The molecule has 6 nitrogen and oxygen atoms in total. The minimum atomic E-state index is 0. The first-order valence-corrected chi connectivity index (χ1v) is 9.51. The van der Waals surface area contributed by atoms with Crippen molar-refractivity contribution in [1.82, 2.24) is 15.5 Å². The van der Waals surface area contributed by atoms with Crippen LogP contribution < -0.4 is 15.4 Å². The second-order valence-electron chi connectivity index (χ2n) is 6.86. The molecule has 1 aliphatic rings. The summed E-state index contributed by atoms with van der Waals surface area (Å²) in [4.78, 5) is 18.3. The van der Waals surface area contributed by atoms with E-state index in [1.807, 2.05) is 43.9 Å². The third-order valence-electron chi connectivity index (χ3n) is 4.52. The molecule has 2 N–H and O–H groups in total. The lowest BCUT2D eigenvalue weighted by Gasteiger charge is -2.20. The van der Waals surface area contributed by atoms with Crippen LogP contribution in [0.4, 0.5) is 0 Å². The molecule has 0 aliphatic carbocycles. The van der Waals surface area contributed by atoms with Crippen LogP contribution in [-0.4, -0.2) is 56.1 Å². The van der Waals surface area contributed by atoms with Crippen LogP contribution in [0.25, 0.3) is 0 Å². The molecule has 0 radical (unpaired) electrons. The summed E-state index contributed by atoms with van der Waals surface area (Å²) >= 11 is 0. The minimum absolute atomic E-state index is 0. The number of halogens is 1. The Kier molecular flexibility index (Phi) is 10.5. The summed E-state index contributed by atoms with van der Waals surface area (Å²) in [6, 6.07) is 8.37. The maximum Gasteiger partial charge on any atom is 0.225 e. The van der Waals surface area contributed by atoms with Crippen molar-refractivity contribution in [2.24, 2.45) is 10.9 Å². The molecule has 1 aromatic rings. The number of nitrogens with zero attached hydrogens (tertiary/aromatic N) is 2. The van der Waals surface area contributed by atoms with Crippen LogP contribution in [0, 0.1) is 5.92 Å². The molecular weight excluding hydrogens is 455 g/mol. The van der Waals surface area contributed by atoms with Crippen molar-refractivity contribution in [2.75, 3.05) is 33.3 Å². The fourth-order valence-electron chi connectivity index (χ4n) is 3.15. The van der Waals surface area contributed by atoms with Gasteiger partial charge in [0.1, 0.15) is 5.75 Å². The Labute approximate surface area is 180 Å². The van der Waals surface area contributed by atoms with Gasteiger partial charge in [0.25, 0.3) is 0 Å². The second-order valence-corrected chi connectivity index (χ2v) is 6.86. The van der Waals surface area contributed by atoms with Gasteiger partial charge in [-0.3, -0.25) is 9.79 Å². The second kappa shape index (κ2) is 12.0. The van der Waals surface area contributed by atoms with Gasteiger partial charge in [-0.2, -0.15) is 0 Å². The molecule has 27 heavy (non-hydrogen) atoms. The molecule has 1 aliphatic heterocycles. The first-order chi connectivity index (χ1) is 12.5. The van der Waals surface area contributed by atoms with E-state index < -0.39 is 0 Å². The molecule has 1 aromatic carbocycles. The first kappa shape index (κ1) is 23.5. The Morgan fingerprint density at radius 2 is 2.11 bits per heavy atom.